The van der Waals surface area contributed by atoms with E-state index < -0.39 is 25.4 Å². The van der Waals surface area contributed by atoms with Gasteiger partial charge in [0.15, 0.2) is 9.84 Å². The zero-order chi connectivity index (χ0) is 18.2. The molecular formula is C14H20N2O6S2. The highest BCUT2D eigenvalue weighted by molar-refractivity contribution is 7.92. The molecule has 1 aromatic rings. The van der Waals surface area contributed by atoms with E-state index in [2.05, 4.69) is 10.0 Å². The Morgan fingerprint density at radius 2 is 2.00 bits per heavy atom. The summed E-state index contributed by atoms with van der Waals surface area (Å²) >= 11 is 0. The lowest BCUT2D eigenvalue weighted by molar-refractivity contribution is -0.114. The van der Waals surface area contributed by atoms with Crippen molar-refractivity contribution in [3.63, 3.8) is 0 Å². The first-order valence-corrected chi connectivity index (χ1v) is 10.5. The third-order valence-corrected chi connectivity index (χ3v) is 7.22. The number of hydrogen-bond donors (Lipinski definition) is 2. The second kappa shape index (κ2) is 6.34. The van der Waals surface area contributed by atoms with Crippen molar-refractivity contribution < 1.29 is 26.4 Å². The smallest absolute Gasteiger partial charge is 0.241 e. The molecule has 1 amide bonds. The molecule has 2 rings (SSSR count). The Morgan fingerprint density at radius 1 is 1.33 bits per heavy atom. The second-order valence-electron chi connectivity index (χ2n) is 6.05. The maximum absolute atomic E-state index is 12.6. The van der Waals surface area contributed by atoms with Gasteiger partial charge in [-0.2, -0.15) is 0 Å². The Kier molecular flexibility index (Phi) is 4.93. The molecule has 1 unspecified atom stereocenters. The lowest BCUT2D eigenvalue weighted by Gasteiger charge is -2.24. The molecule has 0 aliphatic carbocycles. The number of sulfone groups is 1. The maximum Gasteiger partial charge on any atom is 0.241 e. The minimum atomic E-state index is -3.96. The minimum absolute atomic E-state index is 0.0498. The van der Waals surface area contributed by atoms with Gasteiger partial charge >= 0.3 is 0 Å². The van der Waals surface area contributed by atoms with E-state index in [9.17, 15) is 21.6 Å². The fraction of sp³-hybridized carbons (Fsp3) is 0.500. The Hall–Kier alpha value is -1.65. The number of carbonyl (C=O) groups is 1. The molecule has 134 valence electrons. The number of carbonyl (C=O) groups excluding carboxylic acids is 1. The van der Waals surface area contributed by atoms with E-state index in [1.54, 1.807) is 6.92 Å². The molecular weight excluding hydrogens is 356 g/mol. The fourth-order valence-electron chi connectivity index (χ4n) is 2.62. The van der Waals surface area contributed by atoms with E-state index in [0.717, 1.165) is 0 Å². The number of ether oxygens (including phenoxy) is 1. The second-order valence-corrected chi connectivity index (χ2v) is 9.92. The molecule has 1 heterocycles. The quantitative estimate of drug-likeness (QED) is 0.773. The van der Waals surface area contributed by atoms with Crippen molar-refractivity contribution in [3.05, 3.63) is 18.2 Å². The first kappa shape index (κ1) is 18.7. The van der Waals surface area contributed by atoms with Crippen LogP contribution in [0.4, 0.5) is 5.69 Å². The van der Waals surface area contributed by atoms with Gasteiger partial charge in [0, 0.05) is 12.5 Å². The van der Waals surface area contributed by atoms with Crippen LogP contribution in [-0.4, -0.2) is 46.9 Å². The number of anilines is 1. The van der Waals surface area contributed by atoms with Crippen LogP contribution in [0.3, 0.4) is 0 Å². The van der Waals surface area contributed by atoms with Crippen molar-refractivity contribution >= 4 is 31.5 Å². The van der Waals surface area contributed by atoms with Crippen LogP contribution in [0.2, 0.25) is 0 Å². The van der Waals surface area contributed by atoms with Crippen LogP contribution in [0.1, 0.15) is 20.3 Å². The molecule has 1 aliphatic rings. The molecule has 1 saturated heterocycles. The van der Waals surface area contributed by atoms with Gasteiger partial charge < -0.3 is 10.1 Å². The normalized spacial score (nSPS) is 23.0. The molecule has 0 radical (unpaired) electrons. The molecule has 1 aromatic carbocycles. The van der Waals surface area contributed by atoms with Crippen molar-refractivity contribution in [1.82, 2.24) is 4.72 Å². The zero-order valence-electron chi connectivity index (χ0n) is 13.6. The molecule has 8 nitrogen and oxygen atoms in total. The van der Waals surface area contributed by atoms with Crippen LogP contribution in [0.15, 0.2) is 23.1 Å². The van der Waals surface area contributed by atoms with Crippen molar-refractivity contribution in [2.75, 3.05) is 23.9 Å². The molecule has 10 heteroatoms. The highest BCUT2D eigenvalue weighted by Crippen LogP contribution is 2.30. The molecule has 0 spiro atoms. The number of hydrogen-bond acceptors (Lipinski definition) is 6. The third kappa shape index (κ3) is 4.25. The molecule has 1 aliphatic heterocycles. The van der Waals surface area contributed by atoms with Gasteiger partial charge in [-0.25, -0.2) is 21.6 Å². The predicted octanol–water partition coefficient (Wildman–Crippen LogP) is 0.509. The fourth-order valence-corrected chi connectivity index (χ4v) is 6.26. The van der Waals surface area contributed by atoms with Crippen LogP contribution in [0, 0.1) is 0 Å². The summed E-state index contributed by atoms with van der Waals surface area (Å²) in [5, 5.41) is 2.50. The number of rotatable bonds is 5. The van der Waals surface area contributed by atoms with Gasteiger partial charge in [0.05, 0.1) is 29.2 Å². The summed E-state index contributed by atoms with van der Waals surface area (Å²) in [7, 11) is -5.80. The van der Waals surface area contributed by atoms with Crippen LogP contribution in [0.25, 0.3) is 0 Å². The summed E-state index contributed by atoms with van der Waals surface area (Å²) in [5.41, 5.74) is -0.830. The van der Waals surface area contributed by atoms with Gasteiger partial charge in [0.2, 0.25) is 15.9 Å². The van der Waals surface area contributed by atoms with Crippen molar-refractivity contribution in [2.24, 2.45) is 0 Å². The SMILES string of the molecule is COc1ccc(S(=O)(=O)NC2(C)CCS(=O)(=O)C2)cc1NC(C)=O. The average molecular weight is 376 g/mol. The number of methoxy groups -OCH3 is 1. The van der Waals surface area contributed by atoms with E-state index in [-0.39, 0.29) is 34.4 Å². The number of benzene rings is 1. The topological polar surface area (TPSA) is 119 Å². The summed E-state index contributed by atoms with van der Waals surface area (Å²) in [4.78, 5) is 11.2. The Labute approximate surface area is 141 Å². The highest BCUT2D eigenvalue weighted by Gasteiger charge is 2.41. The van der Waals surface area contributed by atoms with E-state index in [0.29, 0.717) is 5.75 Å². The molecule has 0 bridgehead atoms. The van der Waals surface area contributed by atoms with Crippen LogP contribution < -0.4 is 14.8 Å². The van der Waals surface area contributed by atoms with E-state index in [1.807, 2.05) is 0 Å². The molecule has 24 heavy (non-hydrogen) atoms. The average Bonchev–Trinajstić information content (AvgIpc) is 2.70. The first-order chi connectivity index (χ1) is 11.0. The molecule has 1 fully saturated rings. The van der Waals surface area contributed by atoms with E-state index >= 15 is 0 Å². The lowest BCUT2D eigenvalue weighted by atomic mass is 10.0. The standard InChI is InChI=1S/C14H20N2O6S2/c1-10(17)15-12-8-11(4-5-13(12)22-3)24(20,21)16-14(2)6-7-23(18,19)9-14/h4-5,8,16H,6-7,9H2,1-3H3,(H,15,17). The Morgan fingerprint density at radius 3 is 2.50 bits per heavy atom. The first-order valence-electron chi connectivity index (χ1n) is 7.16. The molecule has 2 N–H and O–H groups in total. The number of amides is 1. The number of sulfonamides is 1. The van der Waals surface area contributed by atoms with Crippen LogP contribution in [-0.2, 0) is 24.7 Å². The van der Waals surface area contributed by atoms with Gasteiger partial charge in [-0.15, -0.1) is 0 Å². The molecule has 0 aromatic heterocycles. The van der Waals surface area contributed by atoms with E-state index in [4.69, 9.17) is 4.74 Å². The minimum Gasteiger partial charge on any atom is -0.495 e. The monoisotopic (exact) mass is 376 g/mol. The third-order valence-electron chi connectivity index (χ3n) is 3.68. The number of nitrogens with one attached hydrogen (secondary N) is 2. The van der Waals surface area contributed by atoms with Gasteiger partial charge in [0.1, 0.15) is 5.75 Å². The maximum atomic E-state index is 12.6. The van der Waals surface area contributed by atoms with E-state index in [1.165, 1.54) is 32.2 Å². The van der Waals surface area contributed by atoms with Gasteiger partial charge in [0.25, 0.3) is 0 Å². The highest BCUT2D eigenvalue weighted by atomic mass is 32.2. The van der Waals surface area contributed by atoms with Gasteiger partial charge in [-0.1, -0.05) is 0 Å². The van der Waals surface area contributed by atoms with Gasteiger partial charge in [-0.05, 0) is 31.5 Å². The van der Waals surface area contributed by atoms with Crippen molar-refractivity contribution in [1.29, 1.82) is 0 Å². The lowest BCUT2D eigenvalue weighted by Crippen LogP contribution is -2.46. The summed E-state index contributed by atoms with van der Waals surface area (Å²) in [5.74, 6) is -0.344. The summed E-state index contributed by atoms with van der Waals surface area (Å²) in [6, 6.07) is 4.03. The van der Waals surface area contributed by atoms with Crippen LogP contribution >= 0.6 is 0 Å². The zero-order valence-corrected chi connectivity index (χ0v) is 15.3. The summed E-state index contributed by atoms with van der Waals surface area (Å²) in [6.07, 6.45) is 0.212. The van der Waals surface area contributed by atoms with Crippen molar-refractivity contribution in [3.8, 4) is 5.75 Å². The van der Waals surface area contributed by atoms with Gasteiger partial charge in [-0.3, -0.25) is 4.79 Å². The molecule has 0 saturated carbocycles. The molecule has 1 atom stereocenters. The predicted molar refractivity (Wildman–Crippen MR) is 89.3 cm³/mol. The summed E-state index contributed by atoms with van der Waals surface area (Å²) in [6.45, 7) is 2.86. The Balaban J connectivity index is 2.34. The Bertz CT molecular complexity index is 863. The largest absolute Gasteiger partial charge is 0.495 e. The van der Waals surface area contributed by atoms with Crippen LogP contribution in [0.5, 0.6) is 5.75 Å². The summed E-state index contributed by atoms with van der Waals surface area (Å²) < 4.78 is 56.0. The van der Waals surface area contributed by atoms with Crippen molar-refractivity contribution in [2.45, 2.75) is 30.7 Å².